The predicted octanol–water partition coefficient (Wildman–Crippen LogP) is 1.79. The quantitative estimate of drug-likeness (QED) is 0.571. The molecule has 0 aliphatic heterocycles. The van der Waals surface area contributed by atoms with Gasteiger partial charge in [-0.15, -0.1) is 0 Å². The van der Waals surface area contributed by atoms with Gasteiger partial charge in [0.05, 0.1) is 12.0 Å². The number of aromatic amines is 1. The Morgan fingerprint density at radius 3 is 2.70 bits per heavy atom. The van der Waals surface area contributed by atoms with Gasteiger partial charge in [0, 0.05) is 11.3 Å². The molecule has 2 aromatic heterocycles. The molecule has 7 heteroatoms. The highest BCUT2D eigenvalue weighted by molar-refractivity contribution is 5.91. The Bertz CT molecular complexity index is 845. The van der Waals surface area contributed by atoms with Crippen LogP contribution in [0, 0.1) is 6.92 Å². The fraction of sp³-hybridized carbons (Fsp3) is 0.188. The molecule has 2 heterocycles. The van der Waals surface area contributed by atoms with E-state index in [0.717, 1.165) is 11.3 Å². The van der Waals surface area contributed by atoms with Crippen molar-refractivity contribution in [3.63, 3.8) is 0 Å². The number of H-pyrrole nitrogens is 1. The summed E-state index contributed by atoms with van der Waals surface area (Å²) < 4.78 is 0. The molecule has 3 aromatic rings. The van der Waals surface area contributed by atoms with E-state index >= 15 is 0 Å². The lowest BCUT2D eigenvalue weighted by Crippen LogP contribution is -2.33. The number of carboxylic acid groups (broad SMARTS) is 1. The molecule has 0 radical (unpaired) electrons. The van der Waals surface area contributed by atoms with Crippen molar-refractivity contribution < 1.29 is 15.0 Å². The van der Waals surface area contributed by atoms with E-state index in [-0.39, 0.29) is 0 Å². The fourth-order valence-electron chi connectivity index (χ4n) is 2.32. The van der Waals surface area contributed by atoms with Crippen LogP contribution in [0.5, 0.6) is 0 Å². The lowest BCUT2D eigenvalue weighted by molar-refractivity contribution is -0.138. The SMILES string of the molecule is Cc1cc2c(NC(CO)C(=O)O)nc(-c3ccccc3)nc2[nH]1. The molecule has 0 fully saturated rings. The van der Waals surface area contributed by atoms with Gasteiger partial charge in [0.1, 0.15) is 17.5 Å². The van der Waals surface area contributed by atoms with E-state index in [2.05, 4.69) is 20.3 Å². The molecule has 0 aliphatic carbocycles. The Balaban J connectivity index is 2.12. The number of nitrogens with one attached hydrogen (secondary N) is 2. The van der Waals surface area contributed by atoms with Crippen molar-refractivity contribution in [1.29, 1.82) is 0 Å². The Kier molecular flexibility index (Phi) is 3.94. The van der Waals surface area contributed by atoms with Gasteiger partial charge in [-0.25, -0.2) is 14.8 Å². The van der Waals surface area contributed by atoms with Crippen LogP contribution in [0.4, 0.5) is 5.82 Å². The van der Waals surface area contributed by atoms with E-state index in [1.165, 1.54) is 0 Å². The summed E-state index contributed by atoms with van der Waals surface area (Å²) in [6.45, 7) is 1.35. The van der Waals surface area contributed by atoms with Crippen LogP contribution in [-0.4, -0.2) is 43.8 Å². The smallest absolute Gasteiger partial charge is 0.328 e. The maximum atomic E-state index is 11.2. The van der Waals surface area contributed by atoms with Crippen LogP contribution in [-0.2, 0) is 4.79 Å². The number of aliphatic hydroxyl groups is 1. The molecule has 3 rings (SSSR count). The molecule has 23 heavy (non-hydrogen) atoms. The van der Waals surface area contributed by atoms with Gasteiger partial charge in [0.2, 0.25) is 0 Å². The summed E-state index contributed by atoms with van der Waals surface area (Å²) in [6.07, 6.45) is 0. The number of anilines is 1. The van der Waals surface area contributed by atoms with Gasteiger partial charge in [-0.05, 0) is 13.0 Å². The summed E-state index contributed by atoms with van der Waals surface area (Å²) in [5.74, 6) is -0.294. The van der Waals surface area contributed by atoms with Gasteiger partial charge in [0.15, 0.2) is 5.82 Å². The van der Waals surface area contributed by atoms with Gasteiger partial charge in [-0.3, -0.25) is 0 Å². The first-order chi connectivity index (χ1) is 11.1. The minimum Gasteiger partial charge on any atom is -0.480 e. The van der Waals surface area contributed by atoms with Crippen LogP contribution in [0.15, 0.2) is 36.4 Å². The monoisotopic (exact) mass is 312 g/mol. The van der Waals surface area contributed by atoms with Crippen LogP contribution in [0.2, 0.25) is 0 Å². The van der Waals surface area contributed by atoms with E-state index in [0.29, 0.717) is 22.7 Å². The van der Waals surface area contributed by atoms with Crippen LogP contribution in [0.25, 0.3) is 22.4 Å². The second kappa shape index (κ2) is 6.05. The molecule has 4 N–H and O–H groups in total. The summed E-state index contributed by atoms with van der Waals surface area (Å²) >= 11 is 0. The number of fused-ring (bicyclic) bond motifs is 1. The second-order valence-corrected chi connectivity index (χ2v) is 5.19. The molecule has 0 aliphatic rings. The third-order valence-corrected chi connectivity index (χ3v) is 3.45. The maximum Gasteiger partial charge on any atom is 0.328 e. The molecule has 0 bridgehead atoms. The van der Waals surface area contributed by atoms with Crippen molar-refractivity contribution in [3.05, 3.63) is 42.1 Å². The number of carbonyl (C=O) groups is 1. The second-order valence-electron chi connectivity index (χ2n) is 5.19. The first kappa shape index (κ1) is 15.0. The standard InChI is InChI=1S/C16H16N4O3/c1-9-7-11-14(17-9)19-13(10-5-3-2-4-6-10)20-15(11)18-12(8-21)16(22)23/h2-7,12,21H,8H2,1H3,(H,22,23)(H2,17,18,19,20). The van der Waals surface area contributed by atoms with Crippen LogP contribution >= 0.6 is 0 Å². The number of hydrogen-bond acceptors (Lipinski definition) is 5. The Labute approximate surface area is 132 Å². The van der Waals surface area contributed by atoms with Crippen molar-refractivity contribution >= 4 is 22.8 Å². The van der Waals surface area contributed by atoms with Crippen molar-refractivity contribution in [3.8, 4) is 11.4 Å². The van der Waals surface area contributed by atoms with Crippen molar-refractivity contribution in [2.24, 2.45) is 0 Å². The maximum absolute atomic E-state index is 11.2. The van der Waals surface area contributed by atoms with Gasteiger partial charge < -0.3 is 20.5 Å². The minimum absolute atomic E-state index is 0.375. The van der Waals surface area contributed by atoms with E-state index < -0.39 is 18.6 Å². The molecular weight excluding hydrogens is 296 g/mol. The molecule has 118 valence electrons. The van der Waals surface area contributed by atoms with E-state index in [9.17, 15) is 9.90 Å². The molecule has 7 nitrogen and oxygen atoms in total. The van der Waals surface area contributed by atoms with Crippen molar-refractivity contribution in [1.82, 2.24) is 15.0 Å². The van der Waals surface area contributed by atoms with Gasteiger partial charge in [-0.2, -0.15) is 0 Å². The zero-order valence-electron chi connectivity index (χ0n) is 12.4. The molecule has 0 saturated heterocycles. The van der Waals surface area contributed by atoms with Crippen molar-refractivity contribution in [2.45, 2.75) is 13.0 Å². The molecule has 1 atom stereocenters. The number of aryl methyl sites for hydroxylation is 1. The highest BCUT2D eigenvalue weighted by Crippen LogP contribution is 2.26. The summed E-state index contributed by atoms with van der Waals surface area (Å²) in [5, 5.41) is 21.8. The molecule has 0 saturated carbocycles. The van der Waals surface area contributed by atoms with Crippen LogP contribution in [0.1, 0.15) is 5.69 Å². The fourth-order valence-corrected chi connectivity index (χ4v) is 2.32. The Morgan fingerprint density at radius 2 is 2.04 bits per heavy atom. The summed E-state index contributed by atoms with van der Waals surface area (Å²) in [6, 6.07) is 10.1. The molecular formula is C16H16N4O3. The largest absolute Gasteiger partial charge is 0.480 e. The van der Waals surface area contributed by atoms with E-state index in [1.54, 1.807) is 0 Å². The van der Waals surface area contributed by atoms with Gasteiger partial charge in [0.25, 0.3) is 0 Å². The van der Waals surface area contributed by atoms with Crippen molar-refractivity contribution in [2.75, 3.05) is 11.9 Å². The lowest BCUT2D eigenvalue weighted by atomic mass is 10.2. The van der Waals surface area contributed by atoms with Crippen LogP contribution < -0.4 is 5.32 Å². The van der Waals surface area contributed by atoms with E-state index in [4.69, 9.17) is 5.11 Å². The number of hydrogen-bond donors (Lipinski definition) is 4. The topological polar surface area (TPSA) is 111 Å². The van der Waals surface area contributed by atoms with Gasteiger partial charge in [-0.1, -0.05) is 30.3 Å². The number of aliphatic hydroxyl groups excluding tert-OH is 1. The zero-order valence-corrected chi connectivity index (χ0v) is 12.4. The first-order valence-electron chi connectivity index (χ1n) is 7.11. The molecule has 0 spiro atoms. The minimum atomic E-state index is -1.15. The van der Waals surface area contributed by atoms with Gasteiger partial charge >= 0.3 is 5.97 Å². The summed E-state index contributed by atoms with van der Waals surface area (Å²) in [4.78, 5) is 23.2. The average Bonchev–Trinajstić information content (AvgIpc) is 2.93. The van der Waals surface area contributed by atoms with Crippen LogP contribution in [0.3, 0.4) is 0 Å². The average molecular weight is 312 g/mol. The third kappa shape index (κ3) is 3.00. The van der Waals surface area contributed by atoms with E-state index in [1.807, 2.05) is 43.3 Å². The summed E-state index contributed by atoms with van der Waals surface area (Å²) in [5.41, 5.74) is 2.32. The number of benzene rings is 1. The summed E-state index contributed by atoms with van der Waals surface area (Å²) in [7, 11) is 0. The molecule has 0 amide bonds. The zero-order chi connectivity index (χ0) is 16.4. The number of nitrogens with zero attached hydrogens (tertiary/aromatic N) is 2. The lowest BCUT2D eigenvalue weighted by Gasteiger charge is -2.14. The number of rotatable bonds is 5. The number of carboxylic acids is 1. The predicted molar refractivity (Wildman–Crippen MR) is 86.2 cm³/mol. The number of aliphatic carboxylic acids is 1. The highest BCUT2D eigenvalue weighted by Gasteiger charge is 2.19. The highest BCUT2D eigenvalue weighted by atomic mass is 16.4. The Hall–Kier alpha value is -2.93. The normalized spacial score (nSPS) is 12.3. The molecule has 1 unspecified atom stereocenters. The Morgan fingerprint density at radius 1 is 1.30 bits per heavy atom. The molecule has 1 aromatic carbocycles. The first-order valence-corrected chi connectivity index (χ1v) is 7.11. The number of aromatic nitrogens is 3. The third-order valence-electron chi connectivity index (χ3n) is 3.45.